The van der Waals surface area contributed by atoms with Crippen LogP contribution in [0.4, 0.5) is 0 Å². The molecule has 3 heteroatoms. The summed E-state index contributed by atoms with van der Waals surface area (Å²) in [6.45, 7) is 9.81. The van der Waals surface area contributed by atoms with Gasteiger partial charge < -0.3 is 4.74 Å². The Kier molecular flexibility index (Phi) is 6.42. The van der Waals surface area contributed by atoms with Crippen LogP contribution in [-0.4, -0.2) is 17.9 Å². The Morgan fingerprint density at radius 1 is 1.20 bits per heavy atom. The van der Waals surface area contributed by atoms with Gasteiger partial charge in [-0.2, -0.15) is 0 Å². The van der Waals surface area contributed by atoms with Crippen molar-refractivity contribution in [2.24, 2.45) is 23.2 Å². The molecule has 0 bridgehead atoms. The third-order valence-corrected chi connectivity index (χ3v) is 5.85. The number of ether oxygens (including phenoxy) is 1. The van der Waals surface area contributed by atoms with Crippen LogP contribution in [0.1, 0.15) is 59.4 Å². The molecule has 1 fully saturated rings. The average Bonchev–Trinajstić information content (AvgIpc) is 2.55. The van der Waals surface area contributed by atoms with E-state index in [1.165, 1.54) is 13.3 Å². The molecular formula is C22H32O3. The molecule has 1 aliphatic rings. The maximum absolute atomic E-state index is 13.0. The maximum atomic E-state index is 13.0. The average molecular weight is 344 g/mol. The van der Waals surface area contributed by atoms with Crippen LogP contribution in [0.5, 0.6) is 0 Å². The first-order chi connectivity index (χ1) is 11.7. The van der Waals surface area contributed by atoms with Crippen molar-refractivity contribution in [2.75, 3.05) is 0 Å². The van der Waals surface area contributed by atoms with E-state index in [0.29, 0.717) is 24.2 Å². The summed E-state index contributed by atoms with van der Waals surface area (Å²) in [6.07, 6.45) is 3.48. The maximum Gasteiger partial charge on any atom is 0.319 e. The molecule has 3 nitrogen and oxygen atoms in total. The van der Waals surface area contributed by atoms with Crippen molar-refractivity contribution in [3.05, 3.63) is 35.9 Å². The number of hydrogen-bond donors (Lipinski definition) is 0. The summed E-state index contributed by atoms with van der Waals surface area (Å²) < 4.78 is 5.97. The molecular weight excluding hydrogens is 312 g/mol. The van der Waals surface area contributed by atoms with Crippen LogP contribution in [0, 0.1) is 23.2 Å². The summed E-state index contributed by atoms with van der Waals surface area (Å²) in [5, 5.41) is 0. The number of hydrogen-bond acceptors (Lipinski definition) is 3. The summed E-state index contributed by atoms with van der Waals surface area (Å²) in [5.41, 5.74) is -0.140. The van der Waals surface area contributed by atoms with Crippen molar-refractivity contribution >= 4 is 11.8 Å². The smallest absolute Gasteiger partial charge is 0.319 e. The molecule has 2 rings (SSSR count). The third kappa shape index (κ3) is 4.71. The van der Waals surface area contributed by atoms with Gasteiger partial charge in [0.25, 0.3) is 0 Å². The molecule has 4 unspecified atom stereocenters. The summed E-state index contributed by atoms with van der Waals surface area (Å²) in [6, 6.07) is 9.70. The molecule has 1 aromatic carbocycles. The van der Waals surface area contributed by atoms with Crippen molar-refractivity contribution in [1.29, 1.82) is 0 Å². The molecule has 0 saturated heterocycles. The van der Waals surface area contributed by atoms with Gasteiger partial charge in [0, 0.05) is 0 Å². The lowest BCUT2D eigenvalue weighted by Gasteiger charge is -2.38. The van der Waals surface area contributed by atoms with Gasteiger partial charge in [-0.15, -0.1) is 0 Å². The predicted molar refractivity (Wildman–Crippen MR) is 100 cm³/mol. The number of benzene rings is 1. The molecule has 0 N–H and O–H groups in total. The molecule has 0 radical (unpaired) electrons. The lowest BCUT2D eigenvalue weighted by Crippen LogP contribution is -2.44. The second-order valence-corrected chi connectivity index (χ2v) is 8.32. The first-order valence-electron chi connectivity index (χ1n) is 9.50. The Hall–Kier alpha value is -1.64. The normalized spacial score (nSPS) is 26.1. The summed E-state index contributed by atoms with van der Waals surface area (Å²) >= 11 is 0. The molecule has 0 aliphatic heterocycles. The zero-order valence-electron chi connectivity index (χ0n) is 16.2. The lowest BCUT2D eigenvalue weighted by atomic mass is 9.75. The molecule has 1 saturated carbocycles. The van der Waals surface area contributed by atoms with Crippen molar-refractivity contribution in [3.63, 3.8) is 0 Å². The Labute approximate surface area is 152 Å². The van der Waals surface area contributed by atoms with E-state index in [1.54, 1.807) is 6.92 Å². The van der Waals surface area contributed by atoms with Gasteiger partial charge in [0.05, 0.1) is 0 Å². The Morgan fingerprint density at radius 3 is 2.40 bits per heavy atom. The Morgan fingerprint density at radius 2 is 1.84 bits per heavy atom. The standard InChI is InChI=1S/C22H32O3/c1-15(2)19-12-11-16(3)13-20(19)25-21(24)22(5,17(4)23)14-18-9-7-6-8-10-18/h6-10,15-16,19-20H,11-14H2,1-5H3. The minimum atomic E-state index is -1.12. The highest BCUT2D eigenvalue weighted by Crippen LogP contribution is 2.37. The number of ketones is 1. The number of carbonyl (C=O) groups is 2. The monoisotopic (exact) mass is 344 g/mol. The highest BCUT2D eigenvalue weighted by Gasteiger charge is 2.43. The predicted octanol–water partition coefficient (Wildman–Crippen LogP) is 4.83. The van der Waals surface area contributed by atoms with Crippen molar-refractivity contribution in [2.45, 2.75) is 66.4 Å². The van der Waals surface area contributed by atoms with Crippen LogP contribution in [0.15, 0.2) is 30.3 Å². The van der Waals surface area contributed by atoms with E-state index in [9.17, 15) is 9.59 Å². The van der Waals surface area contributed by atoms with Crippen LogP contribution in [0.2, 0.25) is 0 Å². The molecule has 1 aliphatic carbocycles. The van der Waals surface area contributed by atoms with E-state index in [1.807, 2.05) is 30.3 Å². The number of esters is 1. The van der Waals surface area contributed by atoms with Crippen molar-refractivity contribution in [3.8, 4) is 0 Å². The van der Waals surface area contributed by atoms with E-state index in [0.717, 1.165) is 18.4 Å². The fourth-order valence-corrected chi connectivity index (χ4v) is 3.86. The fourth-order valence-electron chi connectivity index (χ4n) is 3.86. The van der Waals surface area contributed by atoms with Crippen LogP contribution in [0.25, 0.3) is 0 Å². The van der Waals surface area contributed by atoms with E-state index in [4.69, 9.17) is 4.74 Å². The van der Waals surface area contributed by atoms with Gasteiger partial charge in [-0.25, -0.2) is 0 Å². The van der Waals surface area contributed by atoms with Crippen LogP contribution < -0.4 is 0 Å². The zero-order valence-corrected chi connectivity index (χ0v) is 16.2. The highest BCUT2D eigenvalue weighted by molar-refractivity contribution is 6.02. The first-order valence-corrected chi connectivity index (χ1v) is 9.50. The van der Waals surface area contributed by atoms with Gasteiger partial charge in [0.2, 0.25) is 0 Å². The molecule has 0 spiro atoms. The fraction of sp³-hybridized carbons (Fsp3) is 0.636. The van der Waals surface area contributed by atoms with E-state index in [-0.39, 0.29) is 17.9 Å². The SMILES string of the molecule is CC(=O)C(C)(Cc1ccccc1)C(=O)OC1CC(C)CCC1C(C)C. The molecule has 25 heavy (non-hydrogen) atoms. The largest absolute Gasteiger partial charge is 0.461 e. The quantitative estimate of drug-likeness (QED) is 0.548. The molecule has 4 atom stereocenters. The Balaban J connectivity index is 2.17. The summed E-state index contributed by atoms with van der Waals surface area (Å²) in [5.74, 6) is 0.918. The van der Waals surface area contributed by atoms with Crippen LogP contribution >= 0.6 is 0 Å². The van der Waals surface area contributed by atoms with Gasteiger partial charge >= 0.3 is 5.97 Å². The number of Topliss-reactive ketones (excluding diaryl/α,β-unsaturated/α-hetero) is 1. The third-order valence-electron chi connectivity index (χ3n) is 5.85. The number of rotatable bonds is 6. The number of carbonyl (C=O) groups excluding carboxylic acids is 2. The lowest BCUT2D eigenvalue weighted by molar-refractivity contribution is -0.169. The van der Waals surface area contributed by atoms with Crippen molar-refractivity contribution < 1.29 is 14.3 Å². The van der Waals surface area contributed by atoms with E-state index < -0.39 is 5.41 Å². The molecule has 0 amide bonds. The highest BCUT2D eigenvalue weighted by atomic mass is 16.5. The summed E-state index contributed by atoms with van der Waals surface area (Å²) in [4.78, 5) is 25.3. The van der Waals surface area contributed by atoms with E-state index >= 15 is 0 Å². The first kappa shape index (κ1) is 19.7. The van der Waals surface area contributed by atoms with Crippen LogP contribution in [-0.2, 0) is 20.7 Å². The van der Waals surface area contributed by atoms with Gasteiger partial charge in [-0.1, -0.05) is 57.5 Å². The van der Waals surface area contributed by atoms with Crippen molar-refractivity contribution in [1.82, 2.24) is 0 Å². The molecule has 0 aromatic heterocycles. The second-order valence-electron chi connectivity index (χ2n) is 8.32. The summed E-state index contributed by atoms with van der Waals surface area (Å²) in [7, 11) is 0. The minimum Gasteiger partial charge on any atom is -0.461 e. The van der Waals surface area contributed by atoms with Gasteiger partial charge in [-0.05, 0) is 56.4 Å². The van der Waals surface area contributed by atoms with Crippen LogP contribution in [0.3, 0.4) is 0 Å². The second kappa shape index (κ2) is 8.16. The Bertz CT molecular complexity index is 593. The topological polar surface area (TPSA) is 43.4 Å². The van der Waals surface area contributed by atoms with Gasteiger partial charge in [0.15, 0.2) is 0 Å². The molecule has 1 aromatic rings. The van der Waals surface area contributed by atoms with Gasteiger partial charge in [0.1, 0.15) is 17.3 Å². The zero-order chi connectivity index (χ0) is 18.6. The minimum absolute atomic E-state index is 0.0781. The van der Waals surface area contributed by atoms with E-state index in [2.05, 4.69) is 20.8 Å². The molecule has 0 heterocycles. The molecule has 138 valence electrons. The van der Waals surface area contributed by atoms with Gasteiger partial charge in [-0.3, -0.25) is 9.59 Å².